The van der Waals surface area contributed by atoms with Crippen molar-refractivity contribution in [1.29, 1.82) is 0 Å². The molecule has 19 heavy (non-hydrogen) atoms. The van der Waals surface area contributed by atoms with Gasteiger partial charge in [0.1, 0.15) is 11.6 Å². The summed E-state index contributed by atoms with van der Waals surface area (Å²) in [4.78, 5) is 15.6. The number of nitrogens with one attached hydrogen (secondary N) is 1. The summed E-state index contributed by atoms with van der Waals surface area (Å²) in [5.74, 6) is -0.657. The lowest BCUT2D eigenvalue weighted by atomic mass is 10.2. The highest BCUT2D eigenvalue weighted by molar-refractivity contribution is 6.31. The molecule has 1 N–H and O–H groups in total. The highest BCUT2D eigenvalue weighted by atomic mass is 35.5. The number of aromatic nitrogens is 1. The zero-order valence-electron chi connectivity index (χ0n) is 9.98. The summed E-state index contributed by atoms with van der Waals surface area (Å²) in [6, 6.07) is 8.75. The van der Waals surface area contributed by atoms with E-state index >= 15 is 0 Å². The Balaban J connectivity index is 2.25. The van der Waals surface area contributed by atoms with Gasteiger partial charge in [-0.05, 0) is 30.3 Å². The van der Waals surface area contributed by atoms with Crippen LogP contribution in [0.15, 0.2) is 36.4 Å². The Morgan fingerprint density at radius 1 is 1.37 bits per heavy atom. The molecule has 0 aliphatic rings. The Bertz CT molecular complexity index is 619. The van der Waals surface area contributed by atoms with Gasteiger partial charge in [0, 0.05) is 5.02 Å². The highest BCUT2D eigenvalue weighted by Gasteiger charge is 2.13. The van der Waals surface area contributed by atoms with E-state index in [4.69, 9.17) is 16.3 Å². The van der Waals surface area contributed by atoms with Crippen molar-refractivity contribution in [1.82, 2.24) is 4.98 Å². The first-order chi connectivity index (χ1) is 9.10. The van der Waals surface area contributed by atoms with Gasteiger partial charge in [-0.1, -0.05) is 17.7 Å². The molecular formula is C13H10ClFN2O2. The van der Waals surface area contributed by atoms with Crippen molar-refractivity contribution >= 4 is 23.3 Å². The lowest BCUT2D eigenvalue weighted by molar-refractivity contribution is 0.102. The monoisotopic (exact) mass is 280 g/mol. The number of pyridine rings is 1. The van der Waals surface area contributed by atoms with Crippen LogP contribution >= 0.6 is 11.6 Å². The largest absolute Gasteiger partial charge is 0.496 e. The van der Waals surface area contributed by atoms with Crippen LogP contribution in [-0.4, -0.2) is 18.0 Å². The van der Waals surface area contributed by atoms with Gasteiger partial charge in [-0.25, -0.2) is 4.98 Å². The van der Waals surface area contributed by atoms with Crippen molar-refractivity contribution < 1.29 is 13.9 Å². The molecule has 4 nitrogen and oxygen atoms in total. The van der Waals surface area contributed by atoms with Crippen LogP contribution in [0.3, 0.4) is 0 Å². The predicted molar refractivity (Wildman–Crippen MR) is 70.2 cm³/mol. The molecule has 1 aromatic heterocycles. The lowest BCUT2D eigenvalue weighted by Crippen LogP contribution is -2.14. The topological polar surface area (TPSA) is 51.2 Å². The third-order valence-electron chi connectivity index (χ3n) is 2.36. The second-order valence-corrected chi connectivity index (χ2v) is 4.08. The second kappa shape index (κ2) is 5.67. The van der Waals surface area contributed by atoms with Crippen LogP contribution in [0.1, 0.15) is 10.4 Å². The second-order valence-electron chi connectivity index (χ2n) is 3.64. The molecule has 0 aliphatic heterocycles. The number of anilines is 1. The third kappa shape index (κ3) is 3.20. The SMILES string of the molecule is COc1cc(Cl)ccc1C(=O)Nc1cccc(F)n1. The van der Waals surface area contributed by atoms with Crippen molar-refractivity contribution in [3.63, 3.8) is 0 Å². The van der Waals surface area contributed by atoms with E-state index in [2.05, 4.69) is 10.3 Å². The molecule has 0 aliphatic carbocycles. The quantitative estimate of drug-likeness (QED) is 0.879. The maximum absolute atomic E-state index is 12.9. The van der Waals surface area contributed by atoms with E-state index in [0.717, 1.165) is 0 Å². The number of nitrogens with zero attached hydrogens (tertiary/aromatic N) is 1. The van der Waals surface area contributed by atoms with Gasteiger partial charge in [-0.2, -0.15) is 4.39 Å². The van der Waals surface area contributed by atoms with E-state index in [1.165, 1.54) is 37.4 Å². The van der Waals surface area contributed by atoms with Crippen LogP contribution in [-0.2, 0) is 0 Å². The van der Waals surface area contributed by atoms with Crippen LogP contribution < -0.4 is 10.1 Å². The number of rotatable bonds is 3. The number of carbonyl (C=O) groups excluding carboxylic acids is 1. The van der Waals surface area contributed by atoms with E-state index < -0.39 is 11.9 Å². The smallest absolute Gasteiger partial charge is 0.260 e. The van der Waals surface area contributed by atoms with Gasteiger partial charge in [0.15, 0.2) is 0 Å². The zero-order valence-corrected chi connectivity index (χ0v) is 10.7. The fourth-order valence-corrected chi connectivity index (χ4v) is 1.68. The molecular weight excluding hydrogens is 271 g/mol. The third-order valence-corrected chi connectivity index (χ3v) is 2.60. The summed E-state index contributed by atoms with van der Waals surface area (Å²) in [7, 11) is 1.43. The van der Waals surface area contributed by atoms with Gasteiger partial charge in [0.2, 0.25) is 5.95 Å². The van der Waals surface area contributed by atoms with Gasteiger partial charge in [-0.3, -0.25) is 4.79 Å². The Labute approximate surface area is 114 Å². The molecule has 0 unspecified atom stereocenters. The van der Waals surface area contributed by atoms with Crippen molar-refractivity contribution in [3.8, 4) is 5.75 Å². The summed E-state index contributed by atoms with van der Waals surface area (Å²) in [5, 5.41) is 2.94. The van der Waals surface area contributed by atoms with Gasteiger partial charge in [0.05, 0.1) is 12.7 Å². The van der Waals surface area contributed by atoms with Crippen molar-refractivity contribution in [2.75, 3.05) is 12.4 Å². The normalized spacial score (nSPS) is 10.1. The minimum atomic E-state index is -0.666. The summed E-state index contributed by atoms with van der Waals surface area (Å²) in [5.41, 5.74) is 0.290. The molecule has 6 heteroatoms. The molecule has 0 atom stereocenters. The molecule has 0 saturated heterocycles. The number of amides is 1. The minimum Gasteiger partial charge on any atom is -0.496 e. The molecule has 0 fully saturated rings. The van der Waals surface area contributed by atoms with Gasteiger partial charge in [-0.15, -0.1) is 0 Å². The van der Waals surface area contributed by atoms with E-state index in [0.29, 0.717) is 10.8 Å². The van der Waals surface area contributed by atoms with Gasteiger partial charge in [0.25, 0.3) is 5.91 Å². The first kappa shape index (κ1) is 13.3. The first-order valence-corrected chi connectivity index (χ1v) is 5.75. The number of carbonyl (C=O) groups is 1. The zero-order chi connectivity index (χ0) is 13.8. The predicted octanol–water partition coefficient (Wildman–Crippen LogP) is 3.14. The summed E-state index contributed by atoms with van der Waals surface area (Å²) < 4.78 is 18.0. The standard InChI is InChI=1S/C13H10ClFN2O2/c1-19-10-7-8(14)5-6-9(10)13(18)17-12-4-2-3-11(15)16-12/h2-7H,1H3,(H,16,17,18). The van der Waals surface area contributed by atoms with Gasteiger partial charge >= 0.3 is 0 Å². The Hall–Kier alpha value is -2.14. The Kier molecular flexibility index (Phi) is 3.97. The Morgan fingerprint density at radius 3 is 2.84 bits per heavy atom. The van der Waals surface area contributed by atoms with Crippen LogP contribution in [0, 0.1) is 5.95 Å². The van der Waals surface area contributed by atoms with E-state index in [-0.39, 0.29) is 11.4 Å². The van der Waals surface area contributed by atoms with Crippen LogP contribution in [0.2, 0.25) is 5.02 Å². The number of hydrogen-bond donors (Lipinski definition) is 1. The van der Waals surface area contributed by atoms with Crippen LogP contribution in [0.4, 0.5) is 10.2 Å². The van der Waals surface area contributed by atoms with E-state index in [1.54, 1.807) is 6.07 Å². The first-order valence-electron chi connectivity index (χ1n) is 5.37. The van der Waals surface area contributed by atoms with Crippen molar-refractivity contribution in [2.24, 2.45) is 0 Å². The highest BCUT2D eigenvalue weighted by Crippen LogP contribution is 2.23. The van der Waals surface area contributed by atoms with Crippen molar-refractivity contribution in [3.05, 3.63) is 52.9 Å². The maximum atomic E-state index is 12.9. The van der Waals surface area contributed by atoms with E-state index in [1.807, 2.05) is 0 Å². The fraction of sp³-hybridized carbons (Fsp3) is 0.0769. The fourth-order valence-electron chi connectivity index (χ4n) is 1.51. The Morgan fingerprint density at radius 2 is 2.16 bits per heavy atom. The molecule has 0 saturated carbocycles. The molecule has 0 radical (unpaired) electrons. The van der Waals surface area contributed by atoms with Crippen molar-refractivity contribution in [2.45, 2.75) is 0 Å². The van der Waals surface area contributed by atoms with E-state index in [9.17, 15) is 9.18 Å². The maximum Gasteiger partial charge on any atom is 0.260 e. The molecule has 0 bridgehead atoms. The van der Waals surface area contributed by atoms with Crippen LogP contribution in [0.5, 0.6) is 5.75 Å². The molecule has 98 valence electrons. The van der Waals surface area contributed by atoms with Gasteiger partial charge < -0.3 is 10.1 Å². The summed E-state index contributed by atoms with van der Waals surface area (Å²) >= 11 is 5.81. The number of hydrogen-bond acceptors (Lipinski definition) is 3. The number of halogens is 2. The summed E-state index contributed by atoms with van der Waals surface area (Å²) in [6.45, 7) is 0. The molecule has 2 aromatic rings. The summed E-state index contributed by atoms with van der Waals surface area (Å²) in [6.07, 6.45) is 0. The molecule has 1 heterocycles. The molecule has 0 spiro atoms. The van der Waals surface area contributed by atoms with Crippen LogP contribution in [0.25, 0.3) is 0 Å². The number of ether oxygens (including phenoxy) is 1. The molecule has 1 aromatic carbocycles. The molecule has 1 amide bonds. The minimum absolute atomic E-state index is 0.127. The number of benzene rings is 1. The average molecular weight is 281 g/mol. The number of methoxy groups -OCH3 is 1. The lowest BCUT2D eigenvalue weighted by Gasteiger charge is -2.09. The average Bonchev–Trinajstić information content (AvgIpc) is 2.38. The molecule has 2 rings (SSSR count).